The number of phenols is 2. The third-order valence-corrected chi connectivity index (χ3v) is 14.1. The number of nitrogen functional groups attached to an aromatic ring is 4. The molecular weight excluding hydrogens is 751 g/mol. The van der Waals surface area contributed by atoms with E-state index in [0.717, 1.165) is 0 Å². The number of nitrogens with two attached hydrogens (primary N) is 4. The lowest BCUT2D eigenvalue weighted by atomic mass is 10.3. The van der Waals surface area contributed by atoms with Gasteiger partial charge >= 0.3 is 24.6 Å². The molecule has 1 aliphatic heterocycles. The average Bonchev–Trinajstić information content (AvgIpc) is 3.16. The fourth-order valence-corrected chi connectivity index (χ4v) is 12.1. The van der Waals surface area contributed by atoms with Gasteiger partial charge in [0.05, 0.1) is 0 Å². The van der Waals surface area contributed by atoms with Gasteiger partial charge in [0.1, 0.15) is 46.0 Å². The lowest BCUT2D eigenvalue weighted by Gasteiger charge is -2.43. The summed E-state index contributed by atoms with van der Waals surface area (Å²) in [6, 6.07) is 39.0. The lowest BCUT2D eigenvalue weighted by Crippen LogP contribution is -2.37. The van der Waals surface area contributed by atoms with Crippen LogP contribution in [0.2, 0.25) is 0 Å². The van der Waals surface area contributed by atoms with E-state index in [4.69, 9.17) is 55.2 Å². The Morgan fingerprint density at radius 2 is 0.796 bits per heavy atom. The van der Waals surface area contributed by atoms with Crippen LogP contribution in [0.5, 0.6) is 46.0 Å². The first-order chi connectivity index (χ1) is 26.1. The Morgan fingerprint density at radius 3 is 1.22 bits per heavy atom. The predicted octanol–water partition coefficient (Wildman–Crippen LogP) is 9.05. The zero-order valence-corrected chi connectivity index (χ0v) is 30.9. The van der Waals surface area contributed by atoms with Gasteiger partial charge in [0.15, 0.2) is 0 Å². The van der Waals surface area contributed by atoms with E-state index in [2.05, 4.69) is 0 Å². The van der Waals surface area contributed by atoms with Crippen molar-refractivity contribution in [1.29, 1.82) is 0 Å². The fourth-order valence-electron chi connectivity index (χ4n) is 4.58. The zero-order valence-electron chi connectivity index (χ0n) is 28.2. The van der Waals surface area contributed by atoms with Crippen LogP contribution in [-0.2, 0) is 0 Å². The number of anilines is 4. The van der Waals surface area contributed by atoms with Crippen LogP contribution in [0.25, 0.3) is 0 Å². The number of nitrogens with zero attached hydrogens (tertiary/aromatic N) is 3. The maximum absolute atomic E-state index is 10.1. The first-order valence-electron chi connectivity index (χ1n) is 16.1. The van der Waals surface area contributed by atoms with E-state index < -0.39 is 24.6 Å². The molecule has 0 spiro atoms. The van der Waals surface area contributed by atoms with Crippen LogP contribution in [0.4, 0.5) is 22.7 Å². The molecule has 0 saturated heterocycles. The smallest absolute Gasteiger partial charge is 0.447 e. The molecule has 6 aromatic rings. The minimum absolute atomic E-state index is 0.00990. The van der Waals surface area contributed by atoms with Gasteiger partial charge in [-0.25, -0.2) is 0 Å². The Hall–Kier alpha value is -6.07. The largest absolute Gasteiger partial charge is 0.508 e. The molecule has 6 aromatic carbocycles. The molecule has 54 heavy (non-hydrogen) atoms. The van der Waals surface area contributed by atoms with Crippen LogP contribution in [0.15, 0.2) is 150 Å². The van der Waals surface area contributed by atoms with Gasteiger partial charge in [0.25, 0.3) is 0 Å². The molecular formula is C36H34N7O8P3. The van der Waals surface area contributed by atoms with Gasteiger partial charge in [-0.15, -0.1) is 4.52 Å². The van der Waals surface area contributed by atoms with E-state index >= 15 is 0 Å². The first-order valence-corrected chi connectivity index (χ1v) is 19.9. The predicted molar refractivity (Wildman–Crippen MR) is 210 cm³/mol. The van der Waals surface area contributed by atoms with Crippen LogP contribution in [0.1, 0.15) is 0 Å². The molecule has 2 unspecified atom stereocenters. The van der Waals surface area contributed by atoms with E-state index in [9.17, 15) is 10.2 Å². The van der Waals surface area contributed by atoms with Crippen LogP contribution in [-0.4, -0.2) is 19.4 Å². The van der Waals surface area contributed by atoms with E-state index in [0.29, 0.717) is 45.7 Å². The van der Waals surface area contributed by atoms with Crippen LogP contribution >= 0.6 is 24.6 Å². The van der Waals surface area contributed by atoms with E-state index in [1.54, 1.807) is 121 Å². The summed E-state index contributed by atoms with van der Waals surface area (Å²) >= 11 is 0. The third-order valence-electron chi connectivity index (χ3n) is 7.24. The van der Waals surface area contributed by atoms with Gasteiger partial charge in [-0.1, -0.05) is 0 Å². The monoisotopic (exact) mass is 785 g/mol. The summed E-state index contributed by atoms with van der Waals surface area (Å²) in [5.41, 5.74) is 26.2. The highest BCUT2D eigenvalue weighted by Gasteiger charge is 2.58. The Kier molecular flexibility index (Phi) is 10.7. The summed E-state index contributed by atoms with van der Waals surface area (Å²) < 4.78 is 35.0. The quantitative estimate of drug-likeness (QED) is 0.0504. The highest BCUT2D eigenvalue weighted by Crippen LogP contribution is 2.77. The summed E-state index contributed by atoms with van der Waals surface area (Å²) in [6.07, 6.45) is 0. The Balaban J connectivity index is 1.48. The van der Waals surface area contributed by atoms with E-state index in [1.807, 2.05) is 0 Å². The molecule has 0 amide bonds. The lowest BCUT2D eigenvalue weighted by molar-refractivity contribution is 0.0546. The molecule has 0 bridgehead atoms. The maximum atomic E-state index is 10.1. The molecule has 0 aliphatic carbocycles. The van der Waals surface area contributed by atoms with Crippen molar-refractivity contribution in [3.8, 4) is 46.0 Å². The molecule has 0 aromatic heterocycles. The van der Waals surface area contributed by atoms with Gasteiger partial charge < -0.3 is 60.9 Å². The molecule has 0 saturated carbocycles. The van der Waals surface area contributed by atoms with Gasteiger partial charge in [0, 0.05) is 32.0 Å². The molecule has 2 atom stereocenters. The highest BCUT2D eigenvalue weighted by molar-refractivity contribution is 7.78. The molecule has 0 fully saturated rings. The van der Waals surface area contributed by atoms with Gasteiger partial charge in [-0.2, -0.15) is 0 Å². The van der Waals surface area contributed by atoms with E-state index in [1.165, 1.54) is 33.5 Å². The molecule has 276 valence electrons. The van der Waals surface area contributed by atoms with Crippen molar-refractivity contribution < 1.29 is 38.0 Å². The van der Waals surface area contributed by atoms with Crippen LogP contribution in [0.3, 0.4) is 0 Å². The highest BCUT2D eigenvalue weighted by atomic mass is 31.3. The number of hydrogen-bond acceptors (Lipinski definition) is 15. The third kappa shape index (κ3) is 8.75. The Bertz CT molecular complexity index is 2170. The van der Waals surface area contributed by atoms with Crippen molar-refractivity contribution in [2.45, 2.75) is 0 Å². The summed E-state index contributed by atoms with van der Waals surface area (Å²) in [6.45, 7) is 0. The van der Waals surface area contributed by atoms with Crippen molar-refractivity contribution in [3.05, 3.63) is 146 Å². The molecule has 10 N–H and O–H groups in total. The minimum Gasteiger partial charge on any atom is -0.508 e. The first kappa shape index (κ1) is 36.3. The Labute approximate surface area is 312 Å². The van der Waals surface area contributed by atoms with Crippen molar-refractivity contribution in [3.63, 3.8) is 0 Å². The van der Waals surface area contributed by atoms with Crippen molar-refractivity contribution >= 4 is 47.3 Å². The van der Waals surface area contributed by atoms with Crippen LogP contribution in [0, 0.1) is 0 Å². The second-order valence-corrected chi connectivity index (χ2v) is 16.9. The average molecular weight is 786 g/mol. The van der Waals surface area contributed by atoms with Gasteiger partial charge in [0.2, 0.25) is 0 Å². The fraction of sp³-hybridized carbons (Fsp3) is 0. The van der Waals surface area contributed by atoms with Crippen molar-refractivity contribution in [1.82, 2.24) is 9.21 Å². The van der Waals surface area contributed by atoms with Gasteiger partial charge in [-0.05, 0) is 146 Å². The number of hydrogen-bond donors (Lipinski definition) is 6. The molecule has 1 aliphatic rings. The van der Waals surface area contributed by atoms with E-state index in [-0.39, 0.29) is 23.0 Å². The molecule has 0 radical (unpaired) electrons. The number of rotatable bonds is 12. The van der Waals surface area contributed by atoms with Crippen LogP contribution < -0.4 is 50.7 Å². The molecule has 15 nitrogen and oxygen atoms in total. The second kappa shape index (κ2) is 15.9. The molecule has 1 heterocycles. The zero-order chi connectivity index (χ0) is 37.7. The normalized spacial score (nSPS) is 16.7. The maximum Gasteiger partial charge on any atom is 0.447 e. The molecule has 7 rings (SSSR count). The summed E-state index contributed by atoms with van der Waals surface area (Å²) in [7, 11) is -8.72. The molecule has 18 heteroatoms. The summed E-state index contributed by atoms with van der Waals surface area (Å²) in [4.78, 5) is 13.3. The minimum atomic E-state index is -4.05. The topological polar surface area (TPSA) is 219 Å². The summed E-state index contributed by atoms with van der Waals surface area (Å²) in [5, 5.41) is 20.3. The number of aromatic hydroxyl groups is 2. The van der Waals surface area contributed by atoms with Crippen molar-refractivity contribution in [2.24, 2.45) is 4.52 Å². The summed E-state index contributed by atoms with van der Waals surface area (Å²) in [5.74, 6) is 2.00. The van der Waals surface area contributed by atoms with Gasteiger partial charge in [-0.3, -0.25) is 0 Å². The number of benzene rings is 6. The second-order valence-electron chi connectivity index (χ2n) is 11.4. The van der Waals surface area contributed by atoms with Crippen molar-refractivity contribution in [2.75, 3.05) is 22.9 Å². The standard InChI is InChI=1S/C36H34N7O8P3/c37-25-1-13-31(14-2-25)46-42-52(48-33-17-5-27(39)6-18-33)41-54(50-35-21-9-29(44)10-22-35,51-36-23-11-30(45)12-24-36)43(47-32-15-3-26(38)4-16-32)53(42)49-34-19-7-28(40)8-20-34/h1-24,44-45H,37-40H2. The Morgan fingerprint density at radius 1 is 0.444 bits per heavy atom. The SMILES string of the molecule is Nc1ccc(ON2P(Oc3ccc(N)cc3)N=P(Oc3ccc(O)cc3)(Oc3ccc(O)cc3)N(Oc3ccc(N)cc3)P2Oc2ccc(N)cc2)cc1. The number of phenolic OH excluding ortho intramolecular Hbond substituents is 2.